The molecule has 266 valence electrons. The Morgan fingerprint density at radius 3 is 2.63 bits per heavy atom. The van der Waals surface area contributed by atoms with Crippen LogP contribution in [0.3, 0.4) is 0 Å². The Hall–Kier alpha value is -5.23. The number of likely N-dealkylation sites (tertiary alicyclic amines) is 1. The highest BCUT2D eigenvalue weighted by Crippen LogP contribution is 2.40. The van der Waals surface area contributed by atoms with Gasteiger partial charge in [-0.05, 0) is 101 Å². The van der Waals surface area contributed by atoms with Crippen molar-refractivity contribution >= 4 is 33.8 Å². The van der Waals surface area contributed by atoms with Gasteiger partial charge in [-0.3, -0.25) is 29.0 Å². The number of nitrogens with one attached hydrogen (secondary N) is 2. The molecule has 0 spiro atoms. The summed E-state index contributed by atoms with van der Waals surface area (Å²) in [6.45, 7) is 14.6. The number of likely N-dealkylation sites (N-methyl/N-ethyl adjacent to an activating group) is 1. The predicted octanol–water partition coefficient (Wildman–Crippen LogP) is 5.78. The maximum Gasteiger partial charge on any atom is 0.270 e. The van der Waals surface area contributed by atoms with Gasteiger partial charge in [0.25, 0.3) is 11.5 Å². The van der Waals surface area contributed by atoms with E-state index in [1.807, 2.05) is 71.8 Å². The van der Waals surface area contributed by atoms with Crippen LogP contribution in [0, 0.1) is 19.7 Å². The summed E-state index contributed by atoms with van der Waals surface area (Å²) < 4.78 is 18.3. The Labute approximate surface area is 296 Å². The van der Waals surface area contributed by atoms with Crippen LogP contribution in [0.5, 0.6) is 0 Å². The number of carbonyl (C=O) groups is 2. The van der Waals surface area contributed by atoms with Crippen LogP contribution in [0.25, 0.3) is 38.9 Å². The van der Waals surface area contributed by atoms with Gasteiger partial charge in [-0.2, -0.15) is 5.10 Å². The van der Waals surface area contributed by atoms with Crippen molar-refractivity contribution in [2.75, 3.05) is 33.7 Å². The van der Waals surface area contributed by atoms with E-state index in [2.05, 4.69) is 27.1 Å². The molecule has 0 aliphatic carbocycles. The minimum absolute atomic E-state index is 0.0537. The van der Waals surface area contributed by atoms with Gasteiger partial charge in [0.05, 0.1) is 23.1 Å². The lowest BCUT2D eigenvalue weighted by molar-refractivity contribution is -0.129. The number of amides is 2. The lowest BCUT2D eigenvalue weighted by atomic mass is 9.81. The van der Waals surface area contributed by atoms with Crippen LogP contribution in [0.4, 0.5) is 4.39 Å². The molecule has 5 aromatic rings. The number of rotatable bonds is 9. The first-order chi connectivity index (χ1) is 24.3. The first-order valence-electron chi connectivity index (χ1n) is 17.4. The van der Waals surface area contributed by atoms with Crippen molar-refractivity contribution < 1.29 is 14.0 Å². The number of H-pyrrole nitrogens is 1. The van der Waals surface area contributed by atoms with Crippen molar-refractivity contribution in [1.82, 2.24) is 39.8 Å². The first-order valence-corrected chi connectivity index (χ1v) is 17.4. The Kier molecular flexibility index (Phi) is 9.90. The van der Waals surface area contributed by atoms with Gasteiger partial charge < -0.3 is 15.1 Å². The highest BCUT2D eigenvalue weighted by molar-refractivity contribution is 6.02. The van der Waals surface area contributed by atoms with Crippen LogP contribution in [0.2, 0.25) is 0 Å². The van der Waals surface area contributed by atoms with Gasteiger partial charge in [0.2, 0.25) is 5.91 Å². The fourth-order valence-corrected chi connectivity index (χ4v) is 7.42. The summed E-state index contributed by atoms with van der Waals surface area (Å²) in [6, 6.07) is 6.78. The summed E-state index contributed by atoms with van der Waals surface area (Å²) in [7, 11) is 3.80. The number of aryl methyl sites for hydroxylation is 2. The summed E-state index contributed by atoms with van der Waals surface area (Å²) in [5.74, 6) is -1.76. The normalized spacial score (nSPS) is 16.4. The average molecular weight is 693 g/mol. The molecule has 4 aromatic heterocycles. The maximum atomic E-state index is 16.8. The molecule has 2 N–H and O–H groups in total. The lowest BCUT2D eigenvalue weighted by Gasteiger charge is -2.38. The third kappa shape index (κ3) is 6.44. The van der Waals surface area contributed by atoms with Crippen molar-refractivity contribution in [3.63, 3.8) is 0 Å². The standard InChI is InChI=1S/C39H45FN8O3/c1-9-30(49)47-16-13-25(18-24(47)6)32-26-19-28(40)35(31-22(4)10-11-29-27(31)20-43-45-29)44-37(26)48(36-23(5)12-14-41-34(36)21(2)3)39(51)33(32)38(50)42-15-17-46(7)8/h9-12,14,19-21,24-25H,1,13,15-18H2,2-8H3,(H,42,50)(H,43,45)/t24-,25?/m1/s1. The Balaban J connectivity index is 1.73. The van der Waals surface area contributed by atoms with E-state index in [0.29, 0.717) is 65.8 Å². The average Bonchev–Trinajstić information content (AvgIpc) is 3.56. The Bertz CT molecular complexity index is 2240. The zero-order chi connectivity index (χ0) is 36.7. The molecule has 2 atom stereocenters. The highest BCUT2D eigenvalue weighted by Gasteiger charge is 2.35. The van der Waals surface area contributed by atoms with Crippen LogP contribution < -0.4 is 10.9 Å². The van der Waals surface area contributed by atoms with Crippen molar-refractivity contribution in [2.45, 2.75) is 65.3 Å². The molecule has 11 nitrogen and oxygen atoms in total. The number of hydrogen-bond donors (Lipinski definition) is 2. The van der Waals surface area contributed by atoms with E-state index in [1.54, 1.807) is 17.3 Å². The molecule has 1 aliphatic rings. The number of nitrogens with zero attached hydrogens (tertiary/aromatic N) is 6. The number of benzene rings is 1. The number of halogens is 1. The van der Waals surface area contributed by atoms with Crippen LogP contribution in [0.15, 0.2) is 54.1 Å². The lowest BCUT2D eigenvalue weighted by Crippen LogP contribution is -2.44. The topological polar surface area (TPSA) is 129 Å². The minimum atomic E-state index is -0.593. The van der Waals surface area contributed by atoms with E-state index in [9.17, 15) is 9.59 Å². The molecule has 5 heterocycles. The molecular weight excluding hydrogens is 647 g/mol. The summed E-state index contributed by atoms with van der Waals surface area (Å²) in [4.78, 5) is 55.6. The van der Waals surface area contributed by atoms with Gasteiger partial charge in [0.1, 0.15) is 22.7 Å². The van der Waals surface area contributed by atoms with Gasteiger partial charge in [0.15, 0.2) is 0 Å². The largest absolute Gasteiger partial charge is 0.351 e. The quantitative estimate of drug-likeness (QED) is 0.188. The third-order valence-corrected chi connectivity index (χ3v) is 9.95. The molecule has 0 saturated carbocycles. The zero-order valence-corrected chi connectivity index (χ0v) is 30.3. The highest BCUT2D eigenvalue weighted by atomic mass is 19.1. The fourth-order valence-electron chi connectivity index (χ4n) is 7.42. The number of carbonyl (C=O) groups excluding carboxylic acids is 2. The minimum Gasteiger partial charge on any atom is -0.351 e. The smallest absolute Gasteiger partial charge is 0.270 e. The second kappa shape index (κ2) is 14.2. The second-order valence-electron chi connectivity index (χ2n) is 14.1. The molecule has 6 rings (SSSR count). The van der Waals surface area contributed by atoms with Crippen molar-refractivity contribution in [1.29, 1.82) is 0 Å². The van der Waals surface area contributed by atoms with Crippen molar-refractivity contribution in [3.05, 3.63) is 93.4 Å². The molecule has 0 radical (unpaired) electrons. The molecule has 1 aromatic carbocycles. The van der Waals surface area contributed by atoms with Gasteiger partial charge in [-0.1, -0.05) is 26.5 Å². The van der Waals surface area contributed by atoms with Crippen LogP contribution >= 0.6 is 0 Å². The van der Waals surface area contributed by atoms with E-state index < -0.39 is 17.3 Å². The predicted molar refractivity (Wildman–Crippen MR) is 198 cm³/mol. The third-order valence-electron chi connectivity index (χ3n) is 9.95. The Morgan fingerprint density at radius 1 is 1.18 bits per heavy atom. The molecule has 1 unspecified atom stereocenters. The Morgan fingerprint density at radius 2 is 1.94 bits per heavy atom. The number of aromatic nitrogens is 5. The van der Waals surface area contributed by atoms with Crippen molar-refractivity contribution in [2.24, 2.45) is 0 Å². The number of pyridine rings is 3. The number of hydrogen-bond acceptors (Lipinski definition) is 7. The van der Waals surface area contributed by atoms with E-state index in [-0.39, 0.29) is 40.7 Å². The summed E-state index contributed by atoms with van der Waals surface area (Å²) in [6.07, 6.45) is 5.55. The second-order valence-corrected chi connectivity index (χ2v) is 14.1. The van der Waals surface area contributed by atoms with E-state index in [4.69, 9.17) is 4.98 Å². The molecular formula is C39H45FN8O3. The summed E-state index contributed by atoms with van der Waals surface area (Å²) in [5, 5.41) is 11.2. The molecule has 0 bridgehead atoms. The fraction of sp³-hybridized carbons (Fsp3) is 0.385. The number of piperidine rings is 1. The van der Waals surface area contributed by atoms with Gasteiger partial charge in [0, 0.05) is 48.2 Å². The van der Waals surface area contributed by atoms with Gasteiger partial charge in [-0.25, -0.2) is 9.37 Å². The molecule has 2 amide bonds. The van der Waals surface area contributed by atoms with E-state index in [0.717, 1.165) is 16.6 Å². The van der Waals surface area contributed by atoms with E-state index in [1.165, 1.54) is 16.7 Å². The molecule has 1 saturated heterocycles. The zero-order valence-electron chi connectivity index (χ0n) is 30.3. The molecule has 1 fully saturated rings. The molecule has 12 heteroatoms. The van der Waals surface area contributed by atoms with E-state index >= 15 is 9.18 Å². The number of fused-ring (bicyclic) bond motifs is 2. The summed E-state index contributed by atoms with van der Waals surface area (Å²) in [5.41, 5.74) is 4.12. The maximum absolute atomic E-state index is 16.8. The first kappa shape index (κ1) is 35.6. The summed E-state index contributed by atoms with van der Waals surface area (Å²) >= 11 is 0. The van der Waals surface area contributed by atoms with Crippen LogP contribution in [0.1, 0.15) is 78.2 Å². The SMILES string of the molecule is C=CC(=O)N1CCC(c2c(C(=O)NCCN(C)C)c(=O)n(-c3c(C)ccnc3C(C)C)c3nc(-c4c(C)ccc5[nH]ncc45)c(F)cc23)C[C@H]1C. The van der Waals surface area contributed by atoms with Gasteiger partial charge in [-0.15, -0.1) is 0 Å². The van der Waals surface area contributed by atoms with Crippen LogP contribution in [-0.4, -0.2) is 86.1 Å². The van der Waals surface area contributed by atoms with Crippen LogP contribution in [-0.2, 0) is 4.79 Å². The molecule has 1 aliphatic heterocycles. The molecule has 51 heavy (non-hydrogen) atoms. The monoisotopic (exact) mass is 692 g/mol. The van der Waals surface area contributed by atoms with Crippen molar-refractivity contribution in [3.8, 4) is 16.9 Å². The number of aromatic amines is 1. The van der Waals surface area contributed by atoms with Gasteiger partial charge >= 0.3 is 0 Å².